The van der Waals surface area contributed by atoms with Crippen molar-refractivity contribution in [2.24, 2.45) is 7.05 Å². The third-order valence-electron chi connectivity index (χ3n) is 3.47. The van der Waals surface area contributed by atoms with E-state index in [-0.39, 0.29) is 11.6 Å². The molecule has 0 amide bonds. The standard InChI is InChI=1S/C12H17N7O/c1-8(2)19-11(20)6-9-7-18(5-4-10(9)14-19)12-13-15-16-17(12)3/h6,8H,4-5,7H2,1-3H3. The summed E-state index contributed by atoms with van der Waals surface area (Å²) >= 11 is 0. The Hall–Kier alpha value is -2.25. The van der Waals surface area contributed by atoms with E-state index in [1.165, 1.54) is 0 Å². The predicted molar refractivity (Wildman–Crippen MR) is 72.4 cm³/mol. The second-order valence-corrected chi connectivity index (χ2v) is 5.27. The smallest absolute Gasteiger partial charge is 0.267 e. The summed E-state index contributed by atoms with van der Waals surface area (Å²) in [6.45, 7) is 5.33. The van der Waals surface area contributed by atoms with Gasteiger partial charge >= 0.3 is 0 Å². The molecule has 20 heavy (non-hydrogen) atoms. The van der Waals surface area contributed by atoms with Crippen LogP contribution >= 0.6 is 0 Å². The van der Waals surface area contributed by atoms with E-state index in [0.29, 0.717) is 12.5 Å². The van der Waals surface area contributed by atoms with Gasteiger partial charge in [-0.3, -0.25) is 4.79 Å². The highest BCUT2D eigenvalue weighted by molar-refractivity contribution is 5.35. The van der Waals surface area contributed by atoms with Gasteiger partial charge in [0.05, 0.1) is 11.7 Å². The van der Waals surface area contributed by atoms with Gasteiger partial charge in [-0.1, -0.05) is 5.10 Å². The van der Waals surface area contributed by atoms with Crippen molar-refractivity contribution in [1.82, 2.24) is 30.0 Å². The van der Waals surface area contributed by atoms with Crippen LogP contribution in [0.15, 0.2) is 10.9 Å². The van der Waals surface area contributed by atoms with Gasteiger partial charge in [0.2, 0.25) is 5.95 Å². The lowest BCUT2D eigenvalue weighted by Crippen LogP contribution is -2.36. The Morgan fingerprint density at radius 2 is 2.15 bits per heavy atom. The normalized spacial score (nSPS) is 14.7. The predicted octanol–water partition coefficient (Wildman–Crippen LogP) is -0.0896. The largest absolute Gasteiger partial charge is 0.335 e. The van der Waals surface area contributed by atoms with Gasteiger partial charge in [0, 0.05) is 38.2 Å². The zero-order valence-electron chi connectivity index (χ0n) is 11.8. The van der Waals surface area contributed by atoms with Crippen LogP contribution in [-0.2, 0) is 20.0 Å². The van der Waals surface area contributed by atoms with E-state index in [2.05, 4.69) is 25.5 Å². The van der Waals surface area contributed by atoms with Crippen LogP contribution in [0.2, 0.25) is 0 Å². The summed E-state index contributed by atoms with van der Waals surface area (Å²) in [5, 5.41) is 16.0. The van der Waals surface area contributed by atoms with Crippen molar-refractivity contribution in [3.05, 3.63) is 27.7 Å². The first kappa shape index (κ1) is 12.8. The van der Waals surface area contributed by atoms with E-state index in [4.69, 9.17) is 0 Å². The average molecular weight is 275 g/mol. The van der Waals surface area contributed by atoms with Gasteiger partial charge in [-0.05, 0) is 24.3 Å². The minimum atomic E-state index is -0.0586. The van der Waals surface area contributed by atoms with Crippen LogP contribution in [0.4, 0.5) is 5.95 Å². The van der Waals surface area contributed by atoms with E-state index in [0.717, 1.165) is 24.2 Å². The maximum atomic E-state index is 12.0. The summed E-state index contributed by atoms with van der Waals surface area (Å²) in [7, 11) is 1.81. The van der Waals surface area contributed by atoms with Crippen LogP contribution in [0.1, 0.15) is 31.1 Å². The third-order valence-corrected chi connectivity index (χ3v) is 3.47. The Kier molecular flexibility index (Phi) is 3.00. The molecule has 0 aromatic carbocycles. The maximum absolute atomic E-state index is 12.0. The molecule has 0 N–H and O–H groups in total. The average Bonchev–Trinajstić information content (AvgIpc) is 2.83. The molecule has 2 aromatic heterocycles. The number of hydrogen-bond donors (Lipinski definition) is 0. The molecule has 8 nitrogen and oxygen atoms in total. The number of rotatable bonds is 2. The third kappa shape index (κ3) is 2.06. The van der Waals surface area contributed by atoms with E-state index in [1.807, 2.05) is 13.8 Å². The lowest BCUT2D eigenvalue weighted by Gasteiger charge is -2.28. The molecule has 0 spiro atoms. The minimum Gasteiger partial charge on any atom is -0.335 e. The molecule has 0 saturated heterocycles. The quantitative estimate of drug-likeness (QED) is 0.762. The zero-order chi connectivity index (χ0) is 14.3. The summed E-state index contributed by atoms with van der Waals surface area (Å²) in [4.78, 5) is 14.1. The number of fused-ring (bicyclic) bond motifs is 1. The first-order chi connectivity index (χ1) is 9.56. The van der Waals surface area contributed by atoms with Crippen molar-refractivity contribution < 1.29 is 0 Å². The summed E-state index contributed by atoms with van der Waals surface area (Å²) < 4.78 is 3.17. The lowest BCUT2D eigenvalue weighted by molar-refractivity contribution is 0.483. The molecule has 3 rings (SSSR count). The van der Waals surface area contributed by atoms with Crippen LogP contribution in [0.3, 0.4) is 0 Å². The minimum absolute atomic E-state index is 0.0586. The van der Waals surface area contributed by atoms with E-state index in [9.17, 15) is 4.79 Å². The fourth-order valence-electron chi connectivity index (χ4n) is 2.45. The fraction of sp³-hybridized carbons (Fsp3) is 0.583. The molecule has 106 valence electrons. The molecule has 1 aliphatic heterocycles. The Balaban J connectivity index is 1.95. The Bertz CT molecular complexity index is 687. The van der Waals surface area contributed by atoms with Gasteiger partial charge in [-0.15, -0.1) is 0 Å². The molecule has 3 heterocycles. The highest BCUT2D eigenvalue weighted by atomic mass is 16.1. The Morgan fingerprint density at radius 3 is 2.80 bits per heavy atom. The zero-order valence-corrected chi connectivity index (χ0v) is 11.8. The summed E-state index contributed by atoms with van der Waals surface area (Å²) in [6.07, 6.45) is 0.787. The topological polar surface area (TPSA) is 81.7 Å². The first-order valence-electron chi connectivity index (χ1n) is 6.65. The molecule has 0 atom stereocenters. The second-order valence-electron chi connectivity index (χ2n) is 5.27. The number of anilines is 1. The molecule has 2 aromatic rings. The first-order valence-corrected chi connectivity index (χ1v) is 6.65. The Labute approximate surface area is 116 Å². The Morgan fingerprint density at radius 1 is 1.35 bits per heavy atom. The van der Waals surface area contributed by atoms with Gasteiger partial charge in [0.1, 0.15) is 0 Å². The molecule has 0 fully saturated rings. The van der Waals surface area contributed by atoms with Crippen LogP contribution in [-0.4, -0.2) is 36.5 Å². The number of tetrazole rings is 1. The molecular weight excluding hydrogens is 258 g/mol. The number of hydrogen-bond acceptors (Lipinski definition) is 6. The van der Waals surface area contributed by atoms with Gasteiger partial charge in [0.15, 0.2) is 0 Å². The summed E-state index contributed by atoms with van der Waals surface area (Å²) in [5.74, 6) is 0.712. The van der Waals surface area contributed by atoms with Gasteiger partial charge in [-0.2, -0.15) is 5.10 Å². The highest BCUT2D eigenvalue weighted by Crippen LogP contribution is 2.19. The van der Waals surface area contributed by atoms with E-state index in [1.54, 1.807) is 22.5 Å². The molecule has 0 saturated carbocycles. The number of aryl methyl sites for hydroxylation is 1. The molecule has 0 radical (unpaired) electrons. The van der Waals surface area contributed by atoms with Crippen LogP contribution in [0, 0.1) is 0 Å². The van der Waals surface area contributed by atoms with Gasteiger partial charge < -0.3 is 4.90 Å². The summed E-state index contributed by atoms with van der Waals surface area (Å²) in [5.41, 5.74) is 1.89. The molecule has 1 aliphatic rings. The number of nitrogens with zero attached hydrogens (tertiary/aromatic N) is 7. The van der Waals surface area contributed by atoms with Gasteiger partial charge in [-0.25, -0.2) is 9.36 Å². The number of aromatic nitrogens is 6. The van der Waals surface area contributed by atoms with Gasteiger partial charge in [0.25, 0.3) is 5.56 Å². The van der Waals surface area contributed by atoms with Crippen molar-refractivity contribution in [1.29, 1.82) is 0 Å². The van der Waals surface area contributed by atoms with Crippen LogP contribution < -0.4 is 10.5 Å². The van der Waals surface area contributed by atoms with Crippen molar-refractivity contribution in [2.75, 3.05) is 11.4 Å². The molecule has 0 unspecified atom stereocenters. The summed E-state index contributed by atoms with van der Waals surface area (Å²) in [6, 6.07) is 1.76. The van der Waals surface area contributed by atoms with Crippen LogP contribution in [0.5, 0.6) is 0 Å². The monoisotopic (exact) mass is 275 g/mol. The molecule has 8 heteroatoms. The molecule has 0 bridgehead atoms. The van der Waals surface area contributed by atoms with Crippen molar-refractivity contribution in [2.45, 2.75) is 32.9 Å². The second kappa shape index (κ2) is 4.69. The van der Waals surface area contributed by atoms with Crippen molar-refractivity contribution in [3.63, 3.8) is 0 Å². The van der Waals surface area contributed by atoms with Crippen molar-refractivity contribution >= 4 is 5.95 Å². The van der Waals surface area contributed by atoms with Crippen LogP contribution in [0.25, 0.3) is 0 Å². The fourth-order valence-corrected chi connectivity index (χ4v) is 2.45. The van der Waals surface area contributed by atoms with E-state index < -0.39 is 0 Å². The van der Waals surface area contributed by atoms with Crippen molar-refractivity contribution in [3.8, 4) is 0 Å². The lowest BCUT2D eigenvalue weighted by atomic mass is 10.1. The maximum Gasteiger partial charge on any atom is 0.267 e. The highest BCUT2D eigenvalue weighted by Gasteiger charge is 2.22. The van der Waals surface area contributed by atoms with E-state index >= 15 is 0 Å². The molecular formula is C12H17N7O. The molecule has 0 aliphatic carbocycles. The SMILES string of the molecule is CC(C)n1nc2c(cc1=O)CN(c1nnnn1C)CC2.